The number of anilines is 1. The maximum absolute atomic E-state index is 14.3. The highest BCUT2D eigenvalue weighted by atomic mass is 19.1. The first-order valence-corrected chi connectivity index (χ1v) is 10.2. The molecule has 2 N–H and O–H groups in total. The Balaban J connectivity index is 1.85. The van der Waals surface area contributed by atoms with E-state index < -0.39 is 6.10 Å². The van der Waals surface area contributed by atoms with Crippen molar-refractivity contribution in [2.75, 3.05) is 5.73 Å². The van der Waals surface area contributed by atoms with Crippen LogP contribution in [0.25, 0.3) is 22.3 Å². The van der Waals surface area contributed by atoms with E-state index in [0.29, 0.717) is 34.6 Å². The number of benzene rings is 2. The molecule has 158 valence electrons. The summed E-state index contributed by atoms with van der Waals surface area (Å²) in [6.45, 7) is 1.86. The van der Waals surface area contributed by atoms with Gasteiger partial charge in [-0.05, 0) is 41.8 Å². The van der Waals surface area contributed by atoms with Gasteiger partial charge < -0.3 is 10.5 Å². The van der Waals surface area contributed by atoms with Crippen LogP contribution in [0.1, 0.15) is 35.5 Å². The van der Waals surface area contributed by atoms with Crippen LogP contribution < -0.4 is 10.5 Å². The SMILES string of the molecule is CC1Oc2cc(cnc2N)-c2c(C#N)nn(C)c2Cc2ccccc2-c2ccc(F)cc21. The van der Waals surface area contributed by atoms with Crippen molar-refractivity contribution < 1.29 is 9.13 Å². The summed E-state index contributed by atoms with van der Waals surface area (Å²) in [7, 11) is 1.82. The van der Waals surface area contributed by atoms with Gasteiger partial charge in [0.2, 0.25) is 0 Å². The Morgan fingerprint density at radius 1 is 1.19 bits per heavy atom. The van der Waals surface area contributed by atoms with Crippen LogP contribution in [0.15, 0.2) is 54.7 Å². The molecule has 0 amide bonds. The quantitative estimate of drug-likeness (QED) is 0.438. The minimum atomic E-state index is -0.490. The molecule has 2 aromatic heterocycles. The molecule has 1 aliphatic rings. The second-order valence-electron chi connectivity index (χ2n) is 7.84. The lowest BCUT2D eigenvalue weighted by Gasteiger charge is -2.22. The molecule has 0 aliphatic carbocycles. The van der Waals surface area contributed by atoms with Crippen molar-refractivity contribution in [2.45, 2.75) is 19.4 Å². The van der Waals surface area contributed by atoms with E-state index in [1.54, 1.807) is 23.0 Å². The van der Waals surface area contributed by atoms with Gasteiger partial charge in [-0.25, -0.2) is 9.37 Å². The number of halogens is 1. The summed E-state index contributed by atoms with van der Waals surface area (Å²) in [4.78, 5) is 4.30. The van der Waals surface area contributed by atoms with E-state index in [2.05, 4.69) is 16.2 Å². The van der Waals surface area contributed by atoms with Gasteiger partial charge in [0, 0.05) is 36.4 Å². The van der Waals surface area contributed by atoms with E-state index in [9.17, 15) is 9.65 Å². The number of ether oxygens (including phenoxy) is 1. The third-order valence-corrected chi connectivity index (χ3v) is 5.86. The Labute approximate surface area is 184 Å². The fraction of sp³-hybridized carbons (Fsp3) is 0.160. The maximum Gasteiger partial charge on any atom is 0.170 e. The average molecular weight is 425 g/mol. The molecule has 2 aromatic carbocycles. The number of aryl methyl sites for hydroxylation is 1. The number of nitrogen functional groups attached to an aromatic ring is 1. The van der Waals surface area contributed by atoms with Gasteiger partial charge >= 0.3 is 0 Å². The third kappa shape index (κ3) is 3.17. The summed E-state index contributed by atoms with van der Waals surface area (Å²) < 4.78 is 22.2. The van der Waals surface area contributed by atoms with Crippen LogP contribution in [0.3, 0.4) is 0 Å². The number of aromatic nitrogens is 3. The molecule has 0 saturated carbocycles. The van der Waals surface area contributed by atoms with Crippen molar-refractivity contribution >= 4 is 5.82 Å². The lowest BCUT2D eigenvalue weighted by atomic mass is 9.90. The van der Waals surface area contributed by atoms with Crippen molar-refractivity contribution in [3.8, 4) is 34.1 Å². The molecule has 1 aliphatic heterocycles. The fourth-order valence-electron chi connectivity index (χ4n) is 4.32. The molecular formula is C25H20FN5O. The molecule has 3 heterocycles. The minimum Gasteiger partial charge on any atom is -0.482 e. The number of hydrogen-bond donors (Lipinski definition) is 1. The van der Waals surface area contributed by atoms with Crippen LogP contribution in [-0.2, 0) is 13.5 Å². The lowest BCUT2D eigenvalue weighted by molar-refractivity contribution is 0.228. The van der Waals surface area contributed by atoms with Crippen LogP contribution in [0.2, 0.25) is 0 Å². The smallest absolute Gasteiger partial charge is 0.170 e. The van der Waals surface area contributed by atoms with Gasteiger partial charge in [-0.1, -0.05) is 30.3 Å². The lowest BCUT2D eigenvalue weighted by Crippen LogP contribution is -2.10. The number of nitriles is 1. The Hall–Kier alpha value is -4.18. The highest BCUT2D eigenvalue weighted by Crippen LogP contribution is 2.39. The topological polar surface area (TPSA) is 89.8 Å². The fourth-order valence-corrected chi connectivity index (χ4v) is 4.32. The van der Waals surface area contributed by atoms with E-state index in [1.807, 2.05) is 38.2 Å². The minimum absolute atomic E-state index is 0.222. The molecule has 1 atom stereocenters. The van der Waals surface area contributed by atoms with Crippen LogP contribution >= 0.6 is 0 Å². The number of nitrogens with two attached hydrogens (primary N) is 1. The van der Waals surface area contributed by atoms with Crippen LogP contribution in [0.4, 0.5) is 10.2 Å². The number of pyridine rings is 1. The van der Waals surface area contributed by atoms with Crippen LogP contribution in [0.5, 0.6) is 5.75 Å². The first kappa shape index (κ1) is 19.8. The predicted molar refractivity (Wildman–Crippen MR) is 119 cm³/mol. The Bertz CT molecular complexity index is 1400. The molecule has 1 unspecified atom stereocenters. The number of hydrogen-bond acceptors (Lipinski definition) is 5. The van der Waals surface area contributed by atoms with Gasteiger partial charge in [0.15, 0.2) is 17.3 Å². The first-order chi connectivity index (χ1) is 15.5. The third-order valence-electron chi connectivity index (χ3n) is 5.86. The summed E-state index contributed by atoms with van der Waals surface area (Å²) in [6.07, 6.45) is 1.67. The first-order valence-electron chi connectivity index (χ1n) is 10.2. The molecule has 0 saturated heterocycles. The zero-order chi connectivity index (χ0) is 22.4. The number of nitrogens with zero attached hydrogens (tertiary/aromatic N) is 4. The molecule has 6 nitrogen and oxygen atoms in total. The van der Waals surface area contributed by atoms with Crippen LogP contribution in [0, 0.1) is 17.1 Å². The molecule has 32 heavy (non-hydrogen) atoms. The average Bonchev–Trinajstić information content (AvgIpc) is 3.10. The molecular weight excluding hydrogens is 405 g/mol. The molecule has 4 aromatic rings. The van der Waals surface area contributed by atoms with Crippen molar-refractivity contribution in [1.82, 2.24) is 14.8 Å². The van der Waals surface area contributed by atoms with Crippen molar-refractivity contribution in [3.63, 3.8) is 0 Å². The normalized spacial score (nSPS) is 14.6. The largest absolute Gasteiger partial charge is 0.482 e. The van der Waals surface area contributed by atoms with Crippen molar-refractivity contribution in [3.05, 3.63) is 83.1 Å². The van der Waals surface area contributed by atoms with Crippen molar-refractivity contribution in [1.29, 1.82) is 5.26 Å². The second-order valence-corrected chi connectivity index (χ2v) is 7.84. The van der Waals surface area contributed by atoms with Gasteiger partial charge in [-0.3, -0.25) is 4.68 Å². The van der Waals surface area contributed by atoms with Gasteiger partial charge in [-0.2, -0.15) is 10.4 Å². The van der Waals surface area contributed by atoms with E-state index in [4.69, 9.17) is 10.5 Å². The van der Waals surface area contributed by atoms with E-state index in [1.165, 1.54) is 12.1 Å². The number of rotatable bonds is 0. The van der Waals surface area contributed by atoms with Gasteiger partial charge in [0.25, 0.3) is 0 Å². The van der Waals surface area contributed by atoms with Crippen LogP contribution in [-0.4, -0.2) is 14.8 Å². The van der Waals surface area contributed by atoms with Gasteiger partial charge in [0.05, 0.1) is 5.69 Å². The zero-order valence-electron chi connectivity index (χ0n) is 17.6. The zero-order valence-corrected chi connectivity index (χ0v) is 17.6. The molecule has 0 radical (unpaired) electrons. The Kier molecular flexibility index (Phi) is 4.63. The molecule has 0 spiro atoms. The van der Waals surface area contributed by atoms with Gasteiger partial charge in [0.1, 0.15) is 18.0 Å². The highest BCUT2D eigenvalue weighted by molar-refractivity contribution is 5.76. The highest BCUT2D eigenvalue weighted by Gasteiger charge is 2.24. The predicted octanol–water partition coefficient (Wildman–Crippen LogP) is 4.79. The summed E-state index contributed by atoms with van der Waals surface area (Å²) in [6, 6.07) is 16.7. The molecule has 2 bridgehead atoms. The Morgan fingerprint density at radius 3 is 2.81 bits per heavy atom. The Morgan fingerprint density at radius 2 is 2.00 bits per heavy atom. The van der Waals surface area contributed by atoms with E-state index >= 15 is 0 Å². The monoisotopic (exact) mass is 425 g/mol. The van der Waals surface area contributed by atoms with E-state index in [0.717, 1.165) is 22.4 Å². The molecule has 5 rings (SSSR count). The van der Waals surface area contributed by atoms with Crippen molar-refractivity contribution in [2.24, 2.45) is 7.05 Å². The van der Waals surface area contributed by atoms with Gasteiger partial charge in [-0.15, -0.1) is 0 Å². The second kappa shape index (κ2) is 7.50. The van der Waals surface area contributed by atoms with E-state index in [-0.39, 0.29) is 11.6 Å². The maximum atomic E-state index is 14.3. The molecule has 7 heteroatoms. The number of fused-ring (bicyclic) bond motifs is 7. The summed E-state index contributed by atoms with van der Waals surface area (Å²) >= 11 is 0. The summed E-state index contributed by atoms with van der Waals surface area (Å²) in [5, 5.41) is 14.2. The summed E-state index contributed by atoms with van der Waals surface area (Å²) in [5.41, 5.74) is 12.3. The standard InChI is InChI=1S/C25H20FN5O/c1-14-20-11-17(26)7-8-19(20)18-6-4-3-5-15(18)9-22-24(21(12-27)30-31(22)2)16-10-23(32-14)25(28)29-13-16/h3-8,10-11,13-14H,9H2,1-2H3,(H2,28,29). The molecule has 0 fully saturated rings. The summed E-state index contributed by atoms with van der Waals surface area (Å²) in [5.74, 6) is 0.258.